The van der Waals surface area contributed by atoms with Crippen LogP contribution in [0, 0.1) is 46.0 Å². The predicted octanol–water partition coefficient (Wildman–Crippen LogP) is 3.26. The molecule has 8 nitrogen and oxygen atoms in total. The number of anilines is 1. The number of nitriles is 2. The number of benzene rings is 1. The average molecular weight is 508 g/mol. The molecule has 5 fully saturated rings. The van der Waals surface area contributed by atoms with Gasteiger partial charge in [-0.05, 0) is 81.9 Å². The zero-order valence-electron chi connectivity index (χ0n) is 21.0. The van der Waals surface area contributed by atoms with E-state index in [4.69, 9.17) is 22.6 Å². The number of nitrogens with zero attached hydrogens (tertiary/aromatic N) is 5. The van der Waals surface area contributed by atoms with Crippen LogP contribution in [0.1, 0.15) is 51.5 Å². The van der Waals surface area contributed by atoms with Crippen LogP contribution in [0.15, 0.2) is 23.2 Å². The van der Waals surface area contributed by atoms with Gasteiger partial charge in [-0.2, -0.15) is 15.5 Å². The fourth-order valence-electron chi connectivity index (χ4n) is 7.60. The van der Waals surface area contributed by atoms with Crippen molar-refractivity contribution in [2.75, 3.05) is 31.1 Å². The minimum absolute atomic E-state index is 0.133. The van der Waals surface area contributed by atoms with Gasteiger partial charge in [0.2, 0.25) is 12.1 Å². The summed E-state index contributed by atoms with van der Waals surface area (Å²) >= 11 is 6.46. The number of amidine groups is 1. The molecule has 190 valence electrons. The molecular formula is C27H34ClN7O. The molecule has 4 saturated carbocycles. The van der Waals surface area contributed by atoms with Crippen molar-refractivity contribution in [3.63, 3.8) is 0 Å². The lowest BCUT2D eigenvalue weighted by molar-refractivity contribution is -0.145. The quantitative estimate of drug-likeness (QED) is 0.358. The van der Waals surface area contributed by atoms with Crippen molar-refractivity contribution in [3.05, 3.63) is 28.8 Å². The molecule has 0 radical (unpaired) electrons. The van der Waals surface area contributed by atoms with Crippen LogP contribution in [0.3, 0.4) is 0 Å². The van der Waals surface area contributed by atoms with Crippen LogP contribution in [-0.4, -0.2) is 54.4 Å². The second-order valence-corrected chi connectivity index (χ2v) is 12.1. The summed E-state index contributed by atoms with van der Waals surface area (Å²) in [7, 11) is 0. The lowest BCUT2D eigenvalue weighted by atomic mass is 9.47. The van der Waals surface area contributed by atoms with E-state index in [1.165, 1.54) is 0 Å². The number of aliphatic imine (C=N–C) groups is 1. The standard InChI is InChI=1S/C27H34ClN7O/c1-26(2,35-7-5-34(6-8-35)22-4-3-17(15-29)11-21(22)28)25(32-16-30)33-23-19-9-18-10-20(23)14-27(12-18,13-19)24(31)36/h3-4,11,18-20,23H,5-10,12-14H2,1-2H3,(H2,31,36)(H,32,33). The number of piperazine rings is 1. The second kappa shape index (κ2) is 9.25. The van der Waals surface area contributed by atoms with Crippen molar-refractivity contribution in [3.8, 4) is 12.3 Å². The topological polar surface area (TPSA) is 122 Å². The van der Waals surface area contributed by atoms with Gasteiger partial charge in [-0.3, -0.25) is 9.69 Å². The molecule has 36 heavy (non-hydrogen) atoms. The third-order valence-corrected chi connectivity index (χ3v) is 9.63. The maximum Gasteiger partial charge on any atom is 0.223 e. The number of hydrogen-bond donors (Lipinski definition) is 2. The molecule has 1 saturated heterocycles. The molecule has 6 rings (SSSR count). The van der Waals surface area contributed by atoms with Gasteiger partial charge in [-0.25, -0.2) is 0 Å². The second-order valence-electron chi connectivity index (χ2n) is 11.7. The minimum Gasteiger partial charge on any atom is -0.369 e. The Morgan fingerprint density at radius 1 is 1.17 bits per heavy atom. The zero-order valence-corrected chi connectivity index (χ0v) is 21.8. The van der Waals surface area contributed by atoms with E-state index in [9.17, 15) is 10.1 Å². The number of amides is 1. The van der Waals surface area contributed by atoms with Crippen molar-refractivity contribution < 1.29 is 4.79 Å². The Labute approximate surface area is 218 Å². The number of rotatable bonds is 5. The van der Waals surface area contributed by atoms with Crippen molar-refractivity contribution in [2.24, 2.45) is 33.9 Å². The molecule has 1 aliphatic heterocycles. The zero-order chi connectivity index (χ0) is 25.7. The minimum atomic E-state index is -0.452. The van der Waals surface area contributed by atoms with Crippen LogP contribution >= 0.6 is 11.6 Å². The Hall–Kier alpha value is -2.81. The van der Waals surface area contributed by atoms with E-state index < -0.39 is 5.54 Å². The number of nitrogens with two attached hydrogens (primary N) is 1. The van der Waals surface area contributed by atoms with Gasteiger partial charge < -0.3 is 16.0 Å². The third kappa shape index (κ3) is 4.21. The van der Waals surface area contributed by atoms with Gasteiger partial charge in [0.1, 0.15) is 5.84 Å². The summed E-state index contributed by atoms with van der Waals surface area (Å²) < 4.78 is 0. The number of hydrogen-bond acceptors (Lipinski definition) is 6. The summed E-state index contributed by atoms with van der Waals surface area (Å²) in [5.41, 5.74) is 6.58. The van der Waals surface area contributed by atoms with Crippen LogP contribution in [-0.2, 0) is 4.79 Å². The highest BCUT2D eigenvalue weighted by atomic mass is 35.5. The van der Waals surface area contributed by atoms with Crippen LogP contribution in [0.5, 0.6) is 0 Å². The Kier molecular flexibility index (Phi) is 6.39. The molecule has 1 aromatic rings. The van der Waals surface area contributed by atoms with Gasteiger partial charge >= 0.3 is 0 Å². The molecule has 1 amide bonds. The lowest BCUT2D eigenvalue weighted by Gasteiger charge is -2.59. The Morgan fingerprint density at radius 3 is 2.39 bits per heavy atom. The van der Waals surface area contributed by atoms with Gasteiger partial charge in [0.05, 0.1) is 27.9 Å². The van der Waals surface area contributed by atoms with E-state index in [1.807, 2.05) is 12.3 Å². The highest BCUT2D eigenvalue weighted by molar-refractivity contribution is 6.33. The molecule has 0 aromatic heterocycles. The van der Waals surface area contributed by atoms with Crippen molar-refractivity contribution >= 4 is 29.0 Å². The fraction of sp³-hybridized carbons (Fsp3) is 0.630. The normalized spacial score (nSPS) is 32.1. The molecule has 1 heterocycles. The molecule has 5 aliphatic rings. The molecule has 9 heteroatoms. The number of nitrogens with one attached hydrogen (secondary N) is 1. The largest absolute Gasteiger partial charge is 0.369 e. The first-order valence-corrected chi connectivity index (χ1v) is 13.3. The first-order valence-electron chi connectivity index (χ1n) is 12.9. The predicted molar refractivity (Wildman–Crippen MR) is 139 cm³/mol. The smallest absolute Gasteiger partial charge is 0.223 e. The summed E-state index contributed by atoms with van der Waals surface area (Å²) in [5, 5.41) is 23.0. The van der Waals surface area contributed by atoms with E-state index in [2.05, 4.69) is 40.0 Å². The van der Waals surface area contributed by atoms with E-state index in [0.717, 1.165) is 64.0 Å². The number of carbonyl (C=O) groups is 1. The molecule has 2 atom stereocenters. The maximum atomic E-state index is 12.3. The van der Waals surface area contributed by atoms with Crippen molar-refractivity contribution in [1.29, 1.82) is 10.5 Å². The SMILES string of the molecule is CC(C)(/C(=N/C#N)NC1C2CC3CC1CC(C(N)=O)(C3)C2)N1CCN(c2ccc(C#N)cc2Cl)CC1. The van der Waals surface area contributed by atoms with Crippen LogP contribution < -0.4 is 16.0 Å². The molecule has 2 unspecified atom stereocenters. The van der Waals surface area contributed by atoms with E-state index in [1.54, 1.807) is 12.1 Å². The molecule has 0 spiro atoms. The number of primary amides is 1. The summed E-state index contributed by atoms with van der Waals surface area (Å²) in [5.74, 6) is 1.93. The highest BCUT2D eigenvalue weighted by Crippen LogP contribution is 2.60. The number of halogens is 1. The molecule has 4 aliphatic carbocycles. The molecule has 4 bridgehead atoms. The summed E-state index contributed by atoms with van der Waals surface area (Å²) in [6.07, 6.45) is 6.91. The number of carbonyl (C=O) groups excluding carboxylic acids is 1. The third-order valence-electron chi connectivity index (χ3n) is 9.33. The van der Waals surface area contributed by atoms with Crippen LogP contribution in [0.2, 0.25) is 5.02 Å². The first-order chi connectivity index (χ1) is 17.2. The van der Waals surface area contributed by atoms with Crippen molar-refractivity contribution in [2.45, 2.75) is 57.5 Å². The Balaban J connectivity index is 1.28. The molecule has 3 N–H and O–H groups in total. The average Bonchev–Trinajstić information content (AvgIpc) is 2.85. The Morgan fingerprint density at radius 2 is 1.83 bits per heavy atom. The Bertz CT molecular complexity index is 1140. The lowest BCUT2D eigenvalue weighted by Crippen LogP contribution is -2.66. The van der Waals surface area contributed by atoms with Gasteiger partial charge in [0.25, 0.3) is 0 Å². The van der Waals surface area contributed by atoms with E-state index in [-0.39, 0.29) is 17.4 Å². The monoisotopic (exact) mass is 507 g/mol. The van der Waals surface area contributed by atoms with E-state index >= 15 is 0 Å². The van der Waals surface area contributed by atoms with Crippen molar-refractivity contribution in [1.82, 2.24) is 10.2 Å². The molecular weight excluding hydrogens is 474 g/mol. The van der Waals surface area contributed by atoms with E-state index in [0.29, 0.717) is 34.2 Å². The van der Waals surface area contributed by atoms with Gasteiger partial charge in [-0.1, -0.05) is 11.6 Å². The van der Waals surface area contributed by atoms with Crippen LogP contribution in [0.4, 0.5) is 5.69 Å². The first kappa shape index (κ1) is 24.9. The highest BCUT2D eigenvalue weighted by Gasteiger charge is 2.58. The van der Waals surface area contributed by atoms with Gasteiger partial charge in [-0.15, -0.1) is 0 Å². The van der Waals surface area contributed by atoms with Crippen LogP contribution in [0.25, 0.3) is 0 Å². The van der Waals surface area contributed by atoms with Gasteiger partial charge in [0.15, 0.2) is 0 Å². The molecule has 1 aromatic carbocycles. The summed E-state index contributed by atoms with van der Waals surface area (Å²) in [6, 6.07) is 7.77. The maximum absolute atomic E-state index is 12.3. The summed E-state index contributed by atoms with van der Waals surface area (Å²) in [4.78, 5) is 21.2. The van der Waals surface area contributed by atoms with Gasteiger partial charge in [0, 0.05) is 37.6 Å². The summed E-state index contributed by atoms with van der Waals surface area (Å²) in [6.45, 7) is 7.40. The fourth-order valence-corrected chi connectivity index (χ4v) is 7.90.